The highest BCUT2D eigenvalue weighted by Crippen LogP contribution is 2.61. The maximum absolute atomic E-state index is 6.06. The predicted molar refractivity (Wildman–Crippen MR) is 68.7 cm³/mol. The Balaban J connectivity index is 2.00. The monoisotopic (exact) mass is 224 g/mol. The number of rotatable bonds is 2. The fraction of sp³-hybridized carbons (Fsp3) is 0.250. The summed E-state index contributed by atoms with van der Waals surface area (Å²) in [5, 5.41) is 0. The molecule has 0 unspecified atom stereocenters. The topological polar surface area (TPSA) is 12.5 Å². The van der Waals surface area contributed by atoms with Crippen molar-refractivity contribution >= 4 is 0 Å². The Morgan fingerprint density at radius 3 is 1.35 bits per heavy atom. The smallest absolute Gasteiger partial charge is 0.124 e. The van der Waals surface area contributed by atoms with Gasteiger partial charge in [-0.1, -0.05) is 60.7 Å². The Hall–Kier alpha value is -1.60. The standard InChI is InChI=1S/C16H16O/c1-15(13-9-5-3-6-10-13)16(2,17-15)14-11-7-4-8-12-14/h3-12H,1-2H3/t15-,16+. The minimum absolute atomic E-state index is 0.199. The number of epoxide rings is 1. The predicted octanol–water partition coefficient (Wildman–Crippen LogP) is 3.85. The summed E-state index contributed by atoms with van der Waals surface area (Å²) in [5.41, 5.74) is 2.09. The van der Waals surface area contributed by atoms with Crippen LogP contribution in [0.1, 0.15) is 25.0 Å². The molecular formula is C16H16O. The van der Waals surface area contributed by atoms with Crippen molar-refractivity contribution in [1.82, 2.24) is 0 Å². The maximum Gasteiger partial charge on any atom is 0.124 e. The molecule has 0 N–H and O–H groups in total. The van der Waals surface area contributed by atoms with Crippen LogP contribution in [-0.4, -0.2) is 0 Å². The minimum atomic E-state index is -0.199. The van der Waals surface area contributed by atoms with Crippen molar-refractivity contribution in [2.45, 2.75) is 25.0 Å². The summed E-state index contributed by atoms with van der Waals surface area (Å²) in [6.07, 6.45) is 0. The number of hydrogen-bond acceptors (Lipinski definition) is 1. The zero-order chi connectivity index (χ0) is 11.9. The summed E-state index contributed by atoms with van der Waals surface area (Å²) >= 11 is 0. The third kappa shape index (κ3) is 1.43. The first-order chi connectivity index (χ1) is 8.17. The zero-order valence-corrected chi connectivity index (χ0v) is 10.2. The van der Waals surface area contributed by atoms with Gasteiger partial charge >= 0.3 is 0 Å². The fourth-order valence-corrected chi connectivity index (χ4v) is 2.56. The molecule has 0 saturated carbocycles. The Kier molecular flexibility index (Phi) is 2.14. The molecular weight excluding hydrogens is 208 g/mol. The van der Waals surface area contributed by atoms with Crippen molar-refractivity contribution in [3.63, 3.8) is 0 Å². The Labute approximate surface area is 102 Å². The summed E-state index contributed by atoms with van der Waals surface area (Å²) < 4.78 is 6.06. The average Bonchev–Trinajstić information content (AvgIpc) is 2.97. The van der Waals surface area contributed by atoms with Crippen LogP contribution in [0.3, 0.4) is 0 Å². The van der Waals surface area contributed by atoms with Gasteiger partial charge in [-0.25, -0.2) is 0 Å². The molecule has 86 valence electrons. The highest BCUT2D eigenvalue weighted by Gasteiger charge is 2.65. The van der Waals surface area contributed by atoms with Crippen LogP contribution < -0.4 is 0 Å². The van der Waals surface area contributed by atoms with E-state index in [2.05, 4.69) is 62.4 Å². The zero-order valence-electron chi connectivity index (χ0n) is 10.2. The first kappa shape index (κ1) is 10.5. The normalized spacial score (nSPS) is 31.2. The average molecular weight is 224 g/mol. The van der Waals surface area contributed by atoms with E-state index >= 15 is 0 Å². The molecule has 0 spiro atoms. The van der Waals surface area contributed by atoms with Crippen LogP contribution in [0.4, 0.5) is 0 Å². The van der Waals surface area contributed by atoms with E-state index in [0.717, 1.165) is 0 Å². The summed E-state index contributed by atoms with van der Waals surface area (Å²) in [5.74, 6) is 0. The van der Waals surface area contributed by atoms with Gasteiger partial charge in [0.15, 0.2) is 0 Å². The lowest BCUT2D eigenvalue weighted by Gasteiger charge is -2.13. The van der Waals surface area contributed by atoms with Crippen molar-refractivity contribution < 1.29 is 4.74 Å². The molecule has 1 fully saturated rings. The molecule has 0 amide bonds. The molecule has 1 aliphatic heterocycles. The molecule has 1 aliphatic rings. The second-order valence-corrected chi connectivity index (χ2v) is 4.90. The summed E-state index contributed by atoms with van der Waals surface area (Å²) in [6, 6.07) is 20.9. The quantitative estimate of drug-likeness (QED) is 0.706. The van der Waals surface area contributed by atoms with Crippen LogP contribution in [0.25, 0.3) is 0 Å². The van der Waals surface area contributed by atoms with Gasteiger partial charge in [0.1, 0.15) is 11.2 Å². The number of ether oxygens (including phenoxy) is 1. The second kappa shape index (κ2) is 3.44. The molecule has 2 atom stereocenters. The number of benzene rings is 2. The van der Waals surface area contributed by atoms with Crippen molar-refractivity contribution in [1.29, 1.82) is 0 Å². The third-order valence-electron chi connectivity index (χ3n) is 3.93. The van der Waals surface area contributed by atoms with Gasteiger partial charge < -0.3 is 4.74 Å². The van der Waals surface area contributed by atoms with Crippen LogP contribution in [0.5, 0.6) is 0 Å². The molecule has 0 bridgehead atoms. The molecule has 17 heavy (non-hydrogen) atoms. The van der Waals surface area contributed by atoms with Crippen LogP contribution in [0.2, 0.25) is 0 Å². The Bertz CT molecular complexity index is 470. The SMILES string of the molecule is C[C@@]1(c2ccccc2)O[C@]1(C)c1ccccc1. The lowest BCUT2D eigenvalue weighted by molar-refractivity contribution is 0.280. The maximum atomic E-state index is 6.06. The van der Waals surface area contributed by atoms with E-state index in [1.165, 1.54) is 11.1 Å². The van der Waals surface area contributed by atoms with E-state index in [-0.39, 0.29) is 11.2 Å². The summed E-state index contributed by atoms with van der Waals surface area (Å²) in [4.78, 5) is 0. The van der Waals surface area contributed by atoms with Crippen LogP contribution >= 0.6 is 0 Å². The van der Waals surface area contributed by atoms with Crippen molar-refractivity contribution in [3.8, 4) is 0 Å². The molecule has 0 aromatic heterocycles. The van der Waals surface area contributed by atoms with E-state index in [1.54, 1.807) is 0 Å². The van der Waals surface area contributed by atoms with E-state index in [4.69, 9.17) is 4.74 Å². The lowest BCUT2D eigenvalue weighted by Crippen LogP contribution is -2.15. The molecule has 1 saturated heterocycles. The Morgan fingerprint density at radius 2 is 1.00 bits per heavy atom. The highest BCUT2D eigenvalue weighted by molar-refractivity contribution is 5.39. The van der Waals surface area contributed by atoms with Gasteiger partial charge in [0.05, 0.1) is 0 Å². The fourth-order valence-electron chi connectivity index (χ4n) is 2.56. The third-order valence-corrected chi connectivity index (χ3v) is 3.93. The molecule has 2 aromatic carbocycles. The second-order valence-electron chi connectivity index (χ2n) is 4.90. The molecule has 2 aromatic rings. The van der Waals surface area contributed by atoms with Gasteiger partial charge in [-0.15, -0.1) is 0 Å². The van der Waals surface area contributed by atoms with Crippen LogP contribution in [0, 0.1) is 0 Å². The van der Waals surface area contributed by atoms with Gasteiger partial charge in [0, 0.05) is 0 Å². The molecule has 0 radical (unpaired) electrons. The van der Waals surface area contributed by atoms with Gasteiger partial charge in [-0.05, 0) is 25.0 Å². The first-order valence-electron chi connectivity index (χ1n) is 5.98. The molecule has 1 nitrogen and oxygen atoms in total. The van der Waals surface area contributed by atoms with Gasteiger partial charge in [0.25, 0.3) is 0 Å². The molecule has 1 heterocycles. The molecule has 3 rings (SSSR count). The minimum Gasteiger partial charge on any atom is -0.353 e. The van der Waals surface area contributed by atoms with Crippen molar-refractivity contribution in [2.75, 3.05) is 0 Å². The summed E-state index contributed by atoms with van der Waals surface area (Å²) in [6.45, 7) is 4.32. The van der Waals surface area contributed by atoms with Gasteiger partial charge in [0.2, 0.25) is 0 Å². The first-order valence-corrected chi connectivity index (χ1v) is 5.98. The van der Waals surface area contributed by atoms with E-state index in [0.29, 0.717) is 0 Å². The van der Waals surface area contributed by atoms with Crippen LogP contribution in [0.15, 0.2) is 60.7 Å². The number of hydrogen-bond donors (Lipinski definition) is 0. The van der Waals surface area contributed by atoms with Gasteiger partial charge in [-0.3, -0.25) is 0 Å². The Morgan fingerprint density at radius 1 is 0.647 bits per heavy atom. The van der Waals surface area contributed by atoms with E-state index < -0.39 is 0 Å². The molecule has 0 aliphatic carbocycles. The van der Waals surface area contributed by atoms with Gasteiger partial charge in [-0.2, -0.15) is 0 Å². The highest BCUT2D eigenvalue weighted by atomic mass is 16.6. The summed E-state index contributed by atoms with van der Waals surface area (Å²) in [7, 11) is 0. The molecule has 1 heteroatoms. The van der Waals surface area contributed by atoms with Crippen molar-refractivity contribution in [3.05, 3.63) is 71.8 Å². The largest absolute Gasteiger partial charge is 0.353 e. The lowest BCUT2D eigenvalue weighted by atomic mass is 9.84. The van der Waals surface area contributed by atoms with E-state index in [9.17, 15) is 0 Å². The van der Waals surface area contributed by atoms with Crippen LogP contribution in [-0.2, 0) is 15.9 Å². The van der Waals surface area contributed by atoms with Crippen molar-refractivity contribution in [2.24, 2.45) is 0 Å². The van der Waals surface area contributed by atoms with E-state index in [1.807, 2.05) is 12.1 Å².